The number of aromatic carboxylic acids is 1. The lowest BCUT2D eigenvalue weighted by Gasteiger charge is -2.06. The fourth-order valence-electron chi connectivity index (χ4n) is 1.39. The number of carbonyl (C=O) groups is 2. The van der Waals surface area contributed by atoms with Crippen LogP contribution in [0, 0.1) is 13.8 Å². The maximum atomic E-state index is 11.6. The molecule has 5 nitrogen and oxygen atoms in total. The lowest BCUT2D eigenvalue weighted by molar-refractivity contribution is 0.0697. The fraction of sp³-hybridized carbons (Fsp3) is 0.455. The molecule has 0 fully saturated rings. The Morgan fingerprint density at radius 1 is 1.39 bits per heavy atom. The second kappa shape index (κ2) is 6.65. The van der Waals surface area contributed by atoms with Gasteiger partial charge in [-0.3, -0.25) is 5.32 Å². The van der Waals surface area contributed by atoms with Gasteiger partial charge in [0.25, 0.3) is 0 Å². The van der Waals surface area contributed by atoms with Gasteiger partial charge in [0.05, 0.1) is 5.56 Å². The van der Waals surface area contributed by atoms with Gasteiger partial charge in [0.1, 0.15) is 5.00 Å². The molecule has 0 bridgehead atoms. The van der Waals surface area contributed by atoms with Crippen LogP contribution in [0.25, 0.3) is 0 Å². The van der Waals surface area contributed by atoms with Crippen molar-refractivity contribution in [2.24, 2.45) is 0 Å². The molecular formula is C11H16N2O3S2. The second-order valence-corrected chi connectivity index (χ2v) is 5.88. The summed E-state index contributed by atoms with van der Waals surface area (Å²) < 4.78 is 0. The maximum Gasteiger partial charge on any atom is 0.338 e. The molecule has 2 amide bonds. The SMILES string of the molecule is CSCCNC(=O)Nc1sc(C)c(C)c1C(=O)O. The molecule has 0 unspecified atom stereocenters. The van der Waals surface area contributed by atoms with E-state index >= 15 is 0 Å². The minimum Gasteiger partial charge on any atom is -0.478 e. The number of nitrogens with one attached hydrogen (secondary N) is 2. The average Bonchev–Trinajstić information content (AvgIpc) is 2.54. The van der Waals surface area contributed by atoms with Crippen LogP contribution < -0.4 is 10.6 Å². The number of thiophene rings is 1. The molecule has 7 heteroatoms. The quantitative estimate of drug-likeness (QED) is 0.728. The van der Waals surface area contributed by atoms with Gasteiger partial charge in [-0.1, -0.05) is 0 Å². The summed E-state index contributed by atoms with van der Waals surface area (Å²) in [5.41, 5.74) is 0.879. The Morgan fingerprint density at radius 3 is 2.61 bits per heavy atom. The molecule has 1 aromatic heterocycles. The summed E-state index contributed by atoms with van der Waals surface area (Å²) in [6.45, 7) is 4.13. The van der Waals surface area contributed by atoms with E-state index in [-0.39, 0.29) is 11.6 Å². The topological polar surface area (TPSA) is 78.4 Å². The molecule has 0 aliphatic carbocycles. The molecule has 0 aromatic carbocycles. The molecule has 3 N–H and O–H groups in total. The molecule has 1 aromatic rings. The maximum absolute atomic E-state index is 11.6. The highest BCUT2D eigenvalue weighted by Crippen LogP contribution is 2.32. The monoisotopic (exact) mass is 288 g/mol. The Balaban J connectivity index is 2.75. The van der Waals surface area contributed by atoms with Crippen molar-refractivity contribution in [3.63, 3.8) is 0 Å². The summed E-state index contributed by atoms with van der Waals surface area (Å²) >= 11 is 2.91. The largest absolute Gasteiger partial charge is 0.478 e. The first-order valence-electron chi connectivity index (χ1n) is 5.34. The summed E-state index contributed by atoms with van der Waals surface area (Å²) in [7, 11) is 0. The normalized spacial score (nSPS) is 10.2. The Hall–Kier alpha value is -1.21. The van der Waals surface area contributed by atoms with Crippen LogP contribution in [0.2, 0.25) is 0 Å². The van der Waals surface area contributed by atoms with E-state index in [1.54, 1.807) is 18.7 Å². The summed E-state index contributed by atoms with van der Waals surface area (Å²) in [4.78, 5) is 23.6. The van der Waals surface area contributed by atoms with E-state index in [4.69, 9.17) is 5.11 Å². The highest BCUT2D eigenvalue weighted by Gasteiger charge is 2.19. The molecule has 0 saturated heterocycles. The summed E-state index contributed by atoms with van der Waals surface area (Å²) in [6.07, 6.45) is 1.95. The molecule has 0 saturated carbocycles. The van der Waals surface area contributed by atoms with Crippen molar-refractivity contribution >= 4 is 40.1 Å². The summed E-state index contributed by atoms with van der Waals surface area (Å²) in [5, 5.41) is 14.8. The molecule has 1 rings (SSSR count). The third kappa shape index (κ3) is 3.64. The molecule has 0 atom stereocenters. The molecule has 0 aliphatic heterocycles. The van der Waals surface area contributed by atoms with Crippen molar-refractivity contribution in [1.82, 2.24) is 5.32 Å². The summed E-state index contributed by atoms with van der Waals surface area (Å²) in [6, 6.07) is -0.368. The van der Waals surface area contributed by atoms with Crippen molar-refractivity contribution in [3.8, 4) is 0 Å². The third-order valence-electron chi connectivity index (χ3n) is 2.42. The Labute approximate surface area is 114 Å². The first kappa shape index (κ1) is 14.8. The van der Waals surface area contributed by atoms with Gasteiger partial charge in [-0.2, -0.15) is 11.8 Å². The second-order valence-electron chi connectivity index (χ2n) is 3.67. The van der Waals surface area contributed by atoms with E-state index in [2.05, 4.69) is 10.6 Å². The van der Waals surface area contributed by atoms with E-state index < -0.39 is 5.97 Å². The minimum absolute atomic E-state index is 0.178. The van der Waals surface area contributed by atoms with Crippen molar-refractivity contribution in [1.29, 1.82) is 0 Å². The van der Waals surface area contributed by atoms with E-state index in [0.717, 1.165) is 10.6 Å². The summed E-state index contributed by atoms with van der Waals surface area (Å²) in [5.74, 6) is -0.196. The van der Waals surface area contributed by atoms with Crippen LogP contribution in [-0.2, 0) is 0 Å². The first-order valence-corrected chi connectivity index (χ1v) is 7.55. The standard InChI is InChI=1S/C11H16N2O3S2/c1-6-7(2)18-9(8(6)10(14)15)13-11(16)12-4-5-17-3/h4-5H2,1-3H3,(H,14,15)(H2,12,13,16). The Kier molecular flexibility index (Phi) is 5.49. The predicted octanol–water partition coefficient (Wildman–Crippen LogP) is 2.55. The van der Waals surface area contributed by atoms with Gasteiger partial charge in [-0.15, -0.1) is 11.3 Å². The van der Waals surface area contributed by atoms with Gasteiger partial charge in [0.15, 0.2) is 0 Å². The van der Waals surface area contributed by atoms with Crippen LogP contribution in [0.4, 0.5) is 9.80 Å². The van der Waals surface area contributed by atoms with E-state index in [0.29, 0.717) is 17.1 Å². The van der Waals surface area contributed by atoms with E-state index in [1.165, 1.54) is 11.3 Å². The zero-order chi connectivity index (χ0) is 13.7. The molecule has 0 aliphatic rings. The number of aryl methyl sites for hydroxylation is 1. The molecule has 1 heterocycles. The van der Waals surface area contributed by atoms with Crippen LogP contribution in [0.3, 0.4) is 0 Å². The number of amides is 2. The Morgan fingerprint density at radius 2 is 2.06 bits per heavy atom. The van der Waals surface area contributed by atoms with E-state index in [1.807, 2.05) is 13.2 Å². The predicted molar refractivity (Wildman–Crippen MR) is 76.2 cm³/mol. The number of hydrogen-bond acceptors (Lipinski definition) is 4. The Bertz CT molecular complexity index is 457. The lowest BCUT2D eigenvalue weighted by atomic mass is 10.1. The molecule has 0 spiro atoms. The van der Waals surface area contributed by atoms with Gasteiger partial charge in [-0.25, -0.2) is 9.59 Å². The zero-order valence-corrected chi connectivity index (χ0v) is 12.1. The molecule has 18 heavy (non-hydrogen) atoms. The minimum atomic E-state index is -1.02. The highest BCUT2D eigenvalue weighted by molar-refractivity contribution is 7.98. The number of anilines is 1. The number of carboxylic acid groups (broad SMARTS) is 1. The van der Waals surface area contributed by atoms with Gasteiger partial charge in [0.2, 0.25) is 0 Å². The van der Waals surface area contributed by atoms with Crippen LogP contribution in [0.5, 0.6) is 0 Å². The fourth-order valence-corrected chi connectivity index (χ4v) is 2.74. The van der Waals surface area contributed by atoms with Gasteiger partial charge in [-0.05, 0) is 25.7 Å². The van der Waals surface area contributed by atoms with E-state index in [9.17, 15) is 9.59 Å². The highest BCUT2D eigenvalue weighted by atomic mass is 32.2. The smallest absolute Gasteiger partial charge is 0.338 e. The van der Waals surface area contributed by atoms with Crippen molar-refractivity contribution < 1.29 is 14.7 Å². The van der Waals surface area contributed by atoms with Crippen LogP contribution in [0.1, 0.15) is 20.8 Å². The average molecular weight is 288 g/mol. The van der Waals surface area contributed by atoms with Crippen molar-refractivity contribution in [2.45, 2.75) is 13.8 Å². The van der Waals surface area contributed by atoms with Gasteiger partial charge < -0.3 is 10.4 Å². The third-order valence-corrected chi connectivity index (χ3v) is 4.15. The van der Waals surface area contributed by atoms with Crippen molar-refractivity contribution in [2.75, 3.05) is 23.9 Å². The number of carbonyl (C=O) groups excluding carboxylic acids is 1. The molecular weight excluding hydrogens is 272 g/mol. The number of thioether (sulfide) groups is 1. The van der Waals surface area contributed by atoms with Gasteiger partial charge in [0, 0.05) is 17.2 Å². The molecule has 100 valence electrons. The number of rotatable bonds is 5. The van der Waals surface area contributed by atoms with Crippen molar-refractivity contribution in [3.05, 3.63) is 16.0 Å². The molecule has 0 radical (unpaired) electrons. The zero-order valence-electron chi connectivity index (χ0n) is 10.5. The first-order chi connectivity index (χ1) is 8.47. The number of urea groups is 1. The number of hydrogen-bond donors (Lipinski definition) is 3. The van der Waals surface area contributed by atoms with Crippen LogP contribution in [-0.4, -0.2) is 35.7 Å². The van der Waals surface area contributed by atoms with Crippen LogP contribution >= 0.6 is 23.1 Å². The van der Waals surface area contributed by atoms with Gasteiger partial charge >= 0.3 is 12.0 Å². The number of carboxylic acids is 1. The van der Waals surface area contributed by atoms with Crippen LogP contribution in [0.15, 0.2) is 0 Å². The lowest BCUT2D eigenvalue weighted by Crippen LogP contribution is -2.30.